The molecule has 0 aliphatic rings. The number of hydrogen-bond donors (Lipinski definition) is 0. The third-order valence-corrected chi connectivity index (χ3v) is 2.97. The maximum atomic E-state index is 3.41. The number of hydrogen-bond acceptors (Lipinski definition) is 0. The zero-order valence-corrected chi connectivity index (χ0v) is 8.29. The fourth-order valence-electron chi connectivity index (χ4n) is 0.573. The van der Waals surface area contributed by atoms with Gasteiger partial charge in [0, 0.05) is 14.1 Å². The molecule has 0 rings (SSSR count). The number of unbranched alkanes of at least 4 members (excludes halogenated alkanes) is 1. The number of alkyl halides is 1. The van der Waals surface area contributed by atoms with Crippen molar-refractivity contribution in [3.8, 4) is 0 Å². The van der Waals surface area contributed by atoms with E-state index >= 15 is 0 Å². The molecule has 8 heavy (non-hydrogen) atoms. The monoisotopic (exact) mass is 193 g/mol. The Morgan fingerprint density at radius 2 is 1.88 bits per heavy atom. The van der Waals surface area contributed by atoms with Gasteiger partial charge in [-0.15, -0.1) is 0 Å². The van der Waals surface area contributed by atoms with E-state index in [4.69, 9.17) is 0 Å². The first kappa shape index (κ1) is 8.70. The minimum atomic E-state index is 0.0721. The number of halogens is 1. The second-order valence-electron chi connectivity index (χ2n) is 2.35. The molecule has 0 bridgehead atoms. The average molecular weight is 194 g/mol. The Balaban J connectivity index is 2.72. The molecule has 0 fully saturated rings. The van der Waals surface area contributed by atoms with Crippen LogP contribution in [0.2, 0.25) is 19.1 Å². The van der Waals surface area contributed by atoms with Gasteiger partial charge < -0.3 is 0 Å². The van der Waals surface area contributed by atoms with Crippen molar-refractivity contribution in [2.45, 2.75) is 32.0 Å². The summed E-state index contributed by atoms with van der Waals surface area (Å²) in [6.07, 6.45) is 2.78. The molecule has 0 atom stereocenters. The van der Waals surface area contributed by atoms with E-state index in [0.29, 0.717) is 0 Å². The predicted octanol–water partition coefficient (Wildman–Crippen LogP) is 2.92. The molecule has 0 aromatic heterocycles. The second-order valence-corrected chi connectivity index (χ2v) is 6.06. The summed E-state index contributed by atoms with van der Waals surface area (Å²) in [6.45, 7) is 4.75. The lowest BCUT2D eigenvalue weighted by Crippen LogP contribution is -1.97. The first-order valence-electron chi connectivity index (χ1n) is 3.12. The Hall–Kier alpha value is 0.697. The molecule has 0 saturated heterocycles. The second kappa shape index (κ2) is 5.83. The Morgan fingerprint density at radius 1 is 1.25 bits per heavy atom. The van der Waals surface area contributed by atoms with Crippen LogP contribution in [0.25, 0.3) is 0 Å². The fraction of sp³-hybridized carbons (Fsp3) is 1.00. The van der Waals surface area contributed by atoms with Crippen molar-refractivity contribution in [3.63, 3.8) is 0 Å². The van der Waals surface area contributed by atoms with Gasteiger partial charge in [0.25, 0.3) is 0 Å². The van der Waals surface area contributed by atoms with Crippen LogP contribution in [0.15, 0.2) is 0 Å². The molecule has 0 saturated carbocycles. The summed E-state index contributed by atoms with van der Waals surface area (Å²) in [7, 11) is 0.0721. The third kappa shape index (κ3) is 6.70. The Bertz CT molecular complexity index is 45.8. The topological polar surface area (TPSA) is 0 Å². The first-order chi connectivity index (χ1) is 3.77. The Kier molecular flexibility index (Phi) is 6.33. The summed E-state index contributed by atoms with van der Waals surface area (Å²) in [4.78, 5) is 0. The standard InChI is InChI=1S/C6H14BrSi/c1-8(2)6-4-3-5-7/h3-6H2,1-2H3. The fourth-order valence-corrected chi connectivity index (χ4v) is 1.93. The smallest absolute Gasteiger partial charge is 0.0412 e. The summed E-state index contributed by atoms with van der Waals surface area (Å²) < 4.78 is 0. The van der Waals surface area contributed by atoms with Crippen molar-refractivity contribution in [1.29, 1.82) is 0 Å². The van der Waals surface area contributed by atoms with Gasteiger partial charge in [-0.25, -0.2) is 0 Å². The van der Waals surface area contributed by atoms with Gasteiger partial charge in [0.2, 0.25) is 0 Å². The molecule has 1 radical (unpaired) electrons. The summed E-state index contributed by atoms with van der Waals surface area (Å²) in [5, 5.41) is 1.18. The van der Waals surface area contributed by atoms with Gasteiger partial charge in [0.1, 0.15) is 0 Å². The van der Waals surface area contributed by atoms with Gasteiger partial charge in [-0.05, 0) is 6.42 Å². The van der Waals surface area contributed by atoms with Crippen LogP contribution in [0.4, 0.5) is 0 Å². The molecule has 0 heterocycles. The van der Waals surface area contributed by atoms with Gasteiger partial charge in [-0.2, -0.15) is 0 Å². The van der Waals surface area contributed by atoms with Crippen LogP contribution in [-0.4, -0.2) is 14.1 Å². The SMILES string of the molecule is C[Si](C)CCCCBr. The first-order valence-corrected chi connectivity index (χ1v) is 6.95. The van der Waals surface area contributed by atoms with E-state index in [2.05, 4.69) is 29.0 Å². The minimum absolute atomic E-state index is 0.0721. The van der Waals surface area contributed by atoms with E-state index in [0.717, 1.165) is 0 Å². The molecule has 0 aliphatic heterocycles. The molecule has 49 valence electrons. The summed E-state index contributed by atoms with van der Waals surface area (Å²) >= 11 is 3.41. The maximum Gasteiger partial charge on any atom is 0.0412 e. The third-order valence-electron chi connectivity index (χ3n) is 1.06. The van der Waals surface area contributed by atoms with Crippen LogP contribution in [0, 0.1) is 0 Å². The van der Waals surface area contributed by atoms with Crippen LogP contribution in [0.1, 0.15) is 12.8 Å². The minimum Gasteiger partial charge on any atom is -0.0928 e. The molecule has 0 spiro atoms. The Morgan fingerprint density at radius 3 is 2.25 bits per heavy atom. The quantitative estimate of drug-likeness (QED) is 0.366. The largest absolute Gasteiger partial charge is 0.0928 e. The molecule has 0 nitrogen and oxygen atoms in total. The lowest BCUT2D eigenvalue weighted by Gasteiger charge is -1.98. The zero-order chi connectivity index (χ0) is 6.41. The van der Waals surface area contributed by atoms with Crippen LogP contribution >= 0.6 is 15.9 Å². The van der Waals surface area contributed by atoms with Gasteiger partial charge in [0.15, 0.2) is 0 Å². The van der Waals surface area contributed by atoms with Crippen LogP contribution < -0.4 is 0 Å². The van der Waals surface area contributed by atoms with Crippen molar-refractivity contribution >= 4 is 24.7 Å². The van der Waals surface area contributed by atoms with Crippen molar-refractivity contribution in [2.24, 2.45) is 0 Å². The molecule has 0 amide bonds. The van der Waals surface area contributed by atoms with Crippen molar-refractivity contribution in [1.82, 2.24) is 0 Å². The van der Waals surface area contributed by atoms with Crippen molar-refractivity contribution in [3.05, 3.63) is 0 Å². The van der Waals surface area contributed by atoms with Gasteiger partial charge in [0.05, 0.1) is 0 Å². The molecule has 0 aromatic rings. The van der Waals surface area contributed by atoms with Crippen LogP contribution in [0.5, 0.6) is 0 Å². The van der Waals surface area contributed by atoms with Crippen molar-refractivity contribution < 1.29 is 0 Å². The lowest BCUT2D eigenvalue weighted by molar-refractivity contribution is 0.890. The highest BCUT2D eigenvalue weighted by Gasteiger charge is 1.93. The van der Waals surface area contributed by atoms with Crippen LogP contribution in [0.3, 0.4) is 0 Å². The molecular formula is C6H14BrSi. The van der Waals surface area contributed by atoms with E-state index in [9.17, 15) is 0 Å². The normalized spacial score (nSPS) is 10.5. The molecular weight excluding hydrogens is 180 g/mol. The molecule has 0 aromatic carbocycles. The van der Waals surface area contributed by atoms with E-state index in [1.54, 1.807) is 0 Å². The lowest BCUT2D eigenvalue weighted by atomic mass is 10.4. The summed E-state index contributed by atoms with van der Waals surface area (Å²) in [6, 6.07) is 1.48. The summed E-state index contributed by atoms with van der Waals surface area (Å²) in [5.74, 6) is 0. The highest BCUT2D eigenvalue weighted by Crippen LogP contribution is 2.02. The highest BCUT2D eigenvalue weighted by molar-refractivity contribution is 9.09. The molecule has 0 unspecified atom stereocenters. The van der Waals surface area contributed by atoms with Gasteiger partial charge in [-0.1, -0.05) is 41.5 Å². The van der Waals surface area contributed by atoms with Crippen molar-refractivity contribution in [2.75, 3.05) is 5.33 Å². The molecule has 0 N–H and O–H groups in total. The van der Waals surface area contributed by atoms with Crippen LogP contribution in [-0.2, 0) is 0 Å². The van der Waals surface area contributed by atoms with E-state index in [1.807, 2.05) is 0 Å². The summed E-state index contributed by atoms with van der Waals surface area (Å²) in [5.41, 5.74) is 0. The maximum absolute atomic E-state index is 3.41. The predicted molar refractivity (Wildman–Crippen MR) is 45.3 cm³/mol. The average Bonchev–Trinajstić information content (AvgIpc) is 1.66. The molecule has 0 aliphatic carbocycles. The highest BCUT2D eigenvalue weighted by atomic mass is 79.9. The Labute approximate surface area is 62.4 Å². The van der Waals surface area contributed by atoms with Gasteiger partial charge >= 0.3 is 0 Å². The number of rotatable bonds is 4. The van der Waals surface area contributed by atoms with E-state index < -0.39 is 0 Å². The molecule has 2 heteroatoms. The van der Waals surface area contributed by atoms with E-state index in [-0.39, 0.29) is 8.80 Å². The zero-order valence-electron chi connectivity index (χ0n) is 5.71. The van der Waals surface area contributed by atoms with E-state index in [1.165, 1.54) is 24.2 Å². The van der Waals surface area contributed by atoms with Gasteiger partial charge in [-0.3, -0.25) is 0 Å².